The summed E-state index contributed by atoms with van der Waals surface area (Å²) in [7, 11) is 2.06. The fourth-order valence-electron chi connectivity index (χ4n) is 1.81. The van der Waals surface area contributed by atoms with Crippen molar-refractivity contribution in [1.29, 1.82) is 0 Å². The summed E-state index contributed by atoms with van der Waals surface area (Å²) in [4.78, 5) is 43.7. The summed E-state index contributed by atoms with van der Waals surface area (Å²) in [6.45, 7) is 3.30. The Morgan fingerprint density at radius 2 is 1.84 bits per heavy atom. The van der Waals surface area contributed by atoms with Crippen LogP contribution < -0.4 is 5.32 Å². The van der Waals surface area contributed by atoms with Crippen LogP contribution >= 0.6 is 0 Å². The first kappa shape index (κ1) is 24.6. The SMILES string of the molecule is CF.CNC=O.Cc1cc(F)ccc1C(=O)N(C=O)C(C)CCC=O. The highest BCUT2D eigenvalue weighted by Crippen LogP contribution is 2.15. The highest BCUT2D eigenvalue weighted by Gasteiger charge is 2.22. The number of aryl methyl sites for hydroxylation is 1. The number of amides is 3. The van der Waals surface area contributed by atoms with Crippen molar-refractivity contribution >= 4 is 25.0 Å². The second-order valence-corrected chi connectivity index (χ2v) is 4.78. The van der Waals surface area contributed by atoms with Crippen molar-refractivity contribution in [3.63, 3.8) is 0 Å². The van der Waals surface area contributed by atoms with E-state index in [0.29, 0.717) is 32.0 Å². The number of carbonyl (C=O) groups excluding carboxylic acids is 4. The average molecular weight is 358 g/mol. The van der Waals surface area contributed by atoms with Crippen LogP contribution in [-0.4, -0.2) is 50.2 Å². The molecule has 140 valence electrons. The van der Waals surface area contributed by atoms with E-state index in [9.17, 15) is 23.2 Å². The van der Waals surface area contributed by atoms with Crippen LogP contribution in [-0.2, 0) is 14.4 Å². The predicted molar refractivity (Wildman–Crippen MR) is 90.3 cm³/mol. The van der Waals surface area contributed by atoms with Gasteiger partial charge in [-0.3, -0.25) is 23.7 Å². The molecule has 6 nitrogen and oxygen atoms in total. The maximum absolute atomic E-state index is 13.0. The van der Waals surface area contributed by atoms with Gasteiger partial charge in [-0.15, -0.1) is 0 Å². The molecule has 3 amide bonds. The molecule has 0 bridgehead atoms. The second kappa shape index (κ2) is 14.9. The zero-order valence-corrected chi connectivity index (χ0v) is 14.8. The third-order valence-electron chi connectivity index (χ3n) is 3.06. The fourth-order valence-corrected chi connectivity index (χ4v) is 1.81. The summed E-state index contributed by atoms with van der Waals surface area (Å²) in [5.74, 6) is -0.911. The highest BCUT2D eigenvalue weighted by molar-refractivity contribution is 6.01. The minimum absolute atomic E-state index is 0.279. The number of benzene rings is 1. The molecule has 1 rings (SSSR count). The van der Waals surface area contributed by atoms with Crippen LogP contribution in [0.1, 0.15) is 35.7 Å². The summed E-state index contributed by atoms with van der Waals surface area (Å²) in [5.41, 5.74) is 0.755. The van der Waals surface area contributed by atoms with Crippen LogP contribution in [0.25, 0.3) is 0 Å². The largest absolute Gasteiger partial charge is 0.362 e. The molecule has 25 heavy (non-hydrogen) atoms. The van der Waals surface area contributed by atoms with Crippen molar-refractivity contribution in [2.45, 2.75) is 32.7 Å². The molecule has 0 fully saturated rings. The smallest absolute Gasteiger partial charge is 0.260 e. The highest BCUT2D eigenvalue weighted by atomic mass is 19.1. The molecule has 0 saturated heterocycles. The van der Waals surface area contributed by atoms with E-state index in [0.717, 1.165) is 11.2 Å². The number of rotatable bonds is 7. The Balaban J connectivity index is 0. The minimum atomic E-state index is -0.481. The molecule has 1 unspecified atom stereocenters. The Morgan fingerprint density at radius 1 is 1.28 bits per heavy atom. The van der Waals surface area contributed by atoms with E-state index in [2.05, 4.69) is 5.32 Å². The molecule has 0 aromatic heterocycles. The number of alkyl halides is 1. The van der Waals surface area contributed by atoms with Crippen LogP contribution in [0.15, 0.2) is 18.2 Å². The predicted octanol–water partition coefficient (Wildman–Crippen LogP) is 2.05. The van der Waals surface area contributed by atoms with Gasteiger partial charge in [-0.05, 0) is 44.0 Å². The molecule has 0 aliphatic rings. The topological polar surface area (TPSA) is 83.6 Å². The van der Waals surface area contributed by atoms with Gasteiger partial charge in [0.15, 0.2) is 0 Å². The molecule has 1 aromatic rings. The average Bonchev–Trinajstić information content (AvgIpc) is 2.62. The summed E-state index contributed by atoms with van der Waals surface area (Å²) < 4.78 is 22.5. The van der Waals surface area contributed by atoms with Gasteiger partial charge < -0.3 is 10.1 Å². The molecule has 0 heterocycles. The zero-order valence-electron chi connectivity index (χ0n) is 14.8. The van der Waals surface area contributed by atoms with E-state index in [1.165, 1.54) is 18.2 Å². The van der Waals surface area contributed by atoms with Crippen LogP contribution in [0, 0.1) is 12.7 Å². The van der Waals surface area contributed by atoms with Crippen LogP contribution in [0.2, 0.25) is 0 Å². The van der Waals surface area contributed by atoms with E-state index in [1.54, 1.807) is 20.9 Å². The van der Waals surface area contributed by atoms with Crippen LogP contribution in [0.5, 0.6) is 0 Å². The van der Waals surface area contributed by atoms with Gasteiger partial charge in [0, 0.05) is 25.1 Å². The van der Waals surface area contributed by atoms with E-state index in [1.807, 2.05) is 0 Å². The van der Waals surface area contributed by atoms with Crippen LogP contribution in [0.4, 0.5) is 8.78 Å². The summed E-state index contributed by atoms with van der Waals surface area (Å²) in [6.07, 6.45) is 2.50. The van der Waals surface area contributed by atoms with Crippen LogP contribution in [0.3, 0.4) is 0 Å². The van der Waals surface area contributed by atoms with E-state index in [-0.39, 0.29) is 18.0 Å². The third-order valence-corrected chi connectivity index (χ3v) is 3.06. The number of nitrogens with zero attached hydrogens (tertiary/aromatic N) is 1. The number of halogens is 2. The van der Waals surface area contributed by atoms with Gasteiger partial charge in [-0.1, -0.05) is 0 Å². The van der Waals surface area contributed by atoms with Gasteiger partial charge in [0.25, 0.3) is 5.91 Å². The summed E-state index contributed by atoms with van der Waals surface area (Å²) in [5, 5.41) is 2.25. The Morgan fingerprint density at radius 3 is 2.24 bits per heavy atom. The Labute approximate surface area is 146 Å². The Bertz CT molecular complexity index is 553. The van der Waals surface area contributed by atoms with Crippen molar-refractivity contribution in [3.05, 3.63) is 35.1 Å². The number of nitrogens with one attached hydrogen (secondary N) is 1. The van der Waals surface area contributed by atoms with Gasteiger partial charge >= 0.3 is 0 Å². The van der Waals surface area contributed by atoms with Gasteiger partial charge in [0.05, 0.1) is 7.18 Å². The molecule has 0 saturated carbocycles. The standard InChI is InChI=1S/C14H16FNO3.C2H5NO.CH3F/c1-10-8-12(15)5-6-13(10)14(19)16(9-18)11(2)4-3-7-17;1-3-2-4;1-2/h5-9,11H,3-4H2,1-2H3;2H,1H3,(H,3,4);1H3. The van der Waals surface area contributed by atoms with Gasteiger partial charge in [-0.2, -0.15) is 0 Å². The van der Waals surface area contributed by atoms with Gasteiger partial charge in [0.2, 0.25) is 12.8 Å². The second-order valence-electron chi connectivity index (χ2n) is 4.78. The van der Waals surface area contributed by atoms with Gasteiger partial charge in [-0.25, -0.2) is 4.39 Å². The van der Waals surface area contributed by atoms with E-state index in [4.69, 9.17) is 4.79 Å². The maximum atomic E-state index is 13.0. The molecule has 1 atom stereocenters. The first-order chi connectivity index (χ1) is 11.9. The van der Waals surface area contributed by atoms with Crippen molar-refractivity contribution < 1.29 is 28.0 Å². The molecule has 0 aliphatic heterocycles. The molecule has 0 radical (unpaired) electrons. The van der Waals surface area contributed by atoms with Crippen molar-refractivity contribution in [1.82, 2.24) is 10.2 Å². The summed E-state index contributed by atoms with van der Waals surface area (Å²) >= 11 is 0. The number of hydrogen-bond donors (Lipinski definition) is 1. The lowest BCUT2D eigenvalue weighted by atomic mass is 10.1. The molecule has 1 N–H and O–H groups in total. The molecule has 1 aromatic carbocycles. The fraction of sp³-hybridized carbons (Fsp3) is 0.412. The molecule has 0 spiro atoms. The minimum Gasteiger partial charge on any atom is -0.362 e. The van der Waals surface area contributed by atoms with Crippen molar-refractivity contribution in [2.24, 2.45) is 0 Å². The zero-order chi connectivity index (χ0) is 19.8. The number of imide groups is 1. The van der Waals surface area contributed by atoms with Crippen molar-refractivity contribution in [2.75, 3.05) is 14.2 Å². The third kappa shape index (κ3) is 9.29. The quantitative estimate of drug-likeness (QED) is 0.756. The van der Waals surface area contributed by atoms with Crippen molar-refractivity contribution in [3.8, 4) is 0 Å². The molecular formula is C17H24F2N2O4. The Hall–Kier alpha value is -2.64. The lowest BCUT2D eigenvalue weighted by molar-refractivity contribution is -0.118. The molecule has 8 heteroatoms. The first-order valence-corrected chi connectivity index (χ1v) is 7.39. The number of carbonyl (C=O) groups is 4. The molecular weight excluding hydrogens is 334 g/mol. The van der Waals surface area contributed by atoms with Gasteiger partial charge in [0.1, 0.15) is 12.1 Å². The lowest BCUT2D eigenvalue weighted by Crippen LogP contribution is -2.37. The Kier molecular flexibility index (Phi) is 14.7. The monoisotopic (exact) mass is 358 g/mol. The lowest BCUT2D eigenvalue weighted by Gasteiger charge is -2.23. The van der Waals surface area contributed by atoms with E-state index >= 15 is 0 Å². The normalized spacial score (nSPS) is 10.0. The number of hydrogen-bond acceptors (Lipinski definition) is 4. The number of aldehydes is 1. The first-order valence-electron chi connectivity index (χ1n) is 7.39. The maximum Gasteiger partial charge on any atom is 0.260 e. The molecule has 0 aliphatic carbocycles. The summed E-state index contributed by atoms with van der Waals surface area (Å²) in [6, 6.07) is 3.40. The van der Waals surface area contributed by atoms with E-state index < -0.39 is 11.7 Å².